The van der Waals surface area contributed by atoms with Crippen molar-refractivity contribution in [2.45, 2.75) is 18.4 Å². The molecule has 1 saturated carbocycles. The van der Waals surface area contributed by atoms with Crippen LogP contribution in [0.15, 0.2) is 34.2 Å². The number of ketones is 2. The zero-order chi connectivity index (χ0) is 23.7. The average molecular weight is 443 g/mol. The SMILES string of the molecule is CN(C)c1ccc(O)c2c1CC1CC3/C(=N/O)C(O)=C(C(N)=O)C(=O)C3(O)C(=O)C1=C2O. The molecule has 0 saturated heterocycles. The van der Waals surface area contributed by atoms with Crippen molar-refractivity contribution >= 4 is 34.6 Å². The molecule has 11 nitrogen and oxygen atoms in total. The van der Waals surface area contributed by atoms with E-state index < -0.39 is 57.7 Å². The molecule has 4 rings (SSSR count). The maximum Gasteiger partial charge on any atom is 0.256 e. The number of allylic oxidation sites excluding steroid dienone is 1. The summed E-state index contributed by atoms with van der Waals surface area (Å²) in [6.07, 6.45) is -0.0279. The lowest BCUT2D eigenvalue weighted by atomic mass is 9.58. The van der Waals surface area contributed by atoms with Crippen LogP contribution in [0.2, 0.25) is 0 Å². The minimum Gasteiger partial charge on any atom is -0.507 e. The number of benzene rings is 1. The Morgan fingerprint density at radius 1 is 1.16 bits per heavy atom. The van der Waals surface area contributed by atoms with Gasteiger partial charge in [-0.1, -0.05) is 5.16 Å². The number of phenols is 1. The third kappa shape index (κ3) is 2.51. The van der Waals surface area contributed by atoms with Gasteiger partial charge in [-0.2, -0.15) is 0 Å². The van der Waals surface area contributed by atoms with Gasteiger partial charge in [-0.05, 0) is 36.5 Å². The summed E-state index contributed by atoms with van der Waals surface area (Å²) in [4.78, 5) is 39.9. The van der Waals surface area contributed by atoms with Crippen LogP contribution in [-0.4, -0.2) is 68.5 Å². The number of anilines is 1. The molecule has 0 aliphatic heterocycles. The van der Waals surface area contributed by atoms with E-state index in [-0.39, 0.29) is 29.7 Å². The number of nitrogens with two attached hydrogens (primary N) is 1. The molecule has 1 aromatic rings. The van der Waals surface area contributed by atoms with Gasteiger partial charge in [0.25, 0.3) is 5.91 Å². The van der Waals surface area contributed by atoms with E-state index in [9.17, 15) is 40.0 Å². The highest BCUT2D eigenvalue weighted by Gasteiger charge is 2.64. The number of aliphatic hydroxyl groups is 3. The van der Waals surface area contributed by atoms with Gasteiger partial charge in [0.15, 0.2) is 11.4 Å². The Bertz CT molecular complexity index is 1200. The topological polar surface area (TPSA) is 194 Å². The van der Waals surface area contributed by atoms with Crippen LogP contribution in [0.5, 0.6) is 5.75 Å². The Morgan fingerprint density at radius 3 is 2.38 bits per heavy atom. The van der Waals surface area contributed by atoms with Crippen LogP contribution >= 0.6 is 0 Å². The number of aliphatic hydroxyl groups excluding tert-OH is 2. The van der Waals surface area contributed by atoms with Crippen molar-refractivity contribution in [3.8, 4) is 5.75 Å². The van der Waals surface area contributed by atoms with Crippen molar-refractivity contribution < 1.29 is 40.0 Å². The standard InChI is InChI=1S/C21H21N3O8/c1-24(2)10-3-4-11(25)13-8(10)5-7-6-9-15(23-32)17(27)14(20(22)30)19(29)21(9,31)18(28)12(7)16(13)26/h3-4,7,9,25-27,31-32H,5-6H2,1-2H3,(H2,22,30)/b23-15-. The van der Waals surface area contributed by atoms with Crippen molar-refractivity contribution in [2.24, 2.45) is 22.7 Å². The van der Waals surface area contributed by atoms with Crippen LogP contribution in [0.4, 0.5) is 5.69 Å². The fourth-order valence-electron chi connectivity index (χ4n) is 5.01. The Hall–Kier alpha value is -3.86. The van der Waals surface area contributed by atoms with Gasteiger partial charge in [0, 0.05) is 25.4 Å². The summed E-state index contributed by atoms with van der Waals surface area (Å²) in [7, 11) is 3.52. The van der Waals surface area contributed by atoms with Crippen LogP contribution in [0.25, 0.3) is 5.76 Å². The van der Waals surface area contributed by atoms with Crippen molar-refractivity contribution in [3.05, 3.63) is 40.2 Å². The Kier molecular flexibility index (Phi) is 4.56. The van der Waals surface area contributed by atoms with Gasteiger partial charge in [-0.3, -0.25) is 14.4 Å². The number of primary amides is 1. The van der Waals surface area contributed by atoms with E-state index >= 15 is 0 Å². The number of hydrogen-bond donors (Lipinski definition) is 6. The first kappa shape index (κ1) is 21.4. The van der Waals surface area contributed by atoms with Gasteiger partial charge in [0.2, 0.25) is 11.6 Å². The summed E-state index contributed by atoms with van der Waals surface area (Å²) in [5.74, 6) is -8.20. The molecule has 3 atom stereocenters. The molecule has 1 amide bonds. The van der Waals surface area contributed by atoms with Gasteiger partial charge in [-0.15, -0.1) is 0 Å². The minimum atomic E-state index is -2.93. The van der Waals surface area contributed by atoms with Crippen LogP contribution in [0, 0.1) is 11.8 Å². The molecule has 3 unspecified atom stereocenters. The Morgan fingerprint density at radius 2 is 1.81 bits per heavy atom. The smallest absolute Gasteiger partial charge is 0.256 e. The number of carbonyl (C=O) groups excluding carboxylic acids is 3. The minimum absolute atomic E-state index is 0.00525. The summed E-state index contributed by atoms with van der Waals surface area (Å²) < 4.78 is 0. The highest BCUT2D eigenvalue weighted by molar-refractivity contribution is 6.38. The second-order valence-electron chi connectivity index (χ2n) is 8.30. The number of phenolic OH excluding ortho intramolecular Hbond substituents is 1. The zero-order valence-corrected chi connectivity index (χ0v) is 17.2. The lowest BCUT2D eigenvalue weighted by Crippen LogP contribution is -2.64. The van der Waals surface area contributed by atoms with Crippen LogP contribution in [0.3, 0.4) is 0 Å². The molecule has 0 radical (unpaired) electrons. The number of hydrogen-bond acceptors (Lipinski definition) is 10. The first-order valence-electron chi connectivity index (χ1n) is 9.69. The number of amides is 1. The molecular weight excluding hydrogens is 422 g/mol. The number of fused-ring (bicyclic) bond motifs is 3. The predicted octanol–water partition coefficient (Wildman–Crippen LogP) is -0.0700. The molecule has 0 heterocycles. The van der Waals surface area contributed by atoms with Crippen molar-refractivity contribution in [1.29, 1.82) is 0 Å². The molecule has 1 aromatic carbocycles. The quantitative estimate of drug-likeness (QED) is 0.157. The van der Waals surface area contributed by atoms with Crippen molar-refractivity contribution in [2.75, 3.05) is 19.0 Å². The third-order valence-electron chi connectivity index (χ3n) is 6.45. The van der Waals surface area contributed by atoms with Gasteiger partial charge < -0.3 is 36.3 Å². The summed E-state index contributed by atoms with van der Waals surface area (Å²) in [6, 6.07) is 3.00. The normalized spacial score (nSPS) is 28.4. The number of Topliss-reactive ketones (excluding diaryl/α,β-unsaturated/α-hetero) is 2. The van der Waals surface area contributed by atoms with E-state index in [0.29, 0.717) is 11.3 Å². The van der Waals surface area contributed by atoms with Gasteiger partial charge in [-0.25, -0.2) is 0 Å². The fourth-order valence-corrected chi connectivity index (χ4v) is 5.01. The summed E-state index contributed by atoms with van der Waals surface area (Å²) >= 11 is 0. The van der Waals surface area contributed by atoms with Gasteiger partial charge in [0.1, 0.15) is 22.8 Å². The molecule has 32 heavy (non-hydrogen) atoms. The maximum atomic E-state index is 13.4. The van der Waals surface area contributed by atoms with E-state index in [4.69, 9.17) is 5.73 Å². The van der Waals surface area contributed by atoms with Crippen molar-refractivity contribution in [3.63, 3.8) is 0 Å². The highest BCUT2D eigenvalue weighted by Crippen LogP contribution is 2.51. The maximum absolute atomic E-state index is 13.4. The largest absolute Gasteiger partial charge is 0.507 e. The lowest BCUT2D eigenvalue weighted by molar-refractivity contribution is -0.153. The van der Waals surface area contributed by atoms with E-state index in [2.05, 4.69) is 5.16 Å². The molecule has 7 N–H and O–H groups in total. The van der Waals surface area contributed by atoms with E-state index in [1.807, 2.05) is 0 Å². The number of nitrogens with zero attached hydrogens (tertiary/aromatic N) is 2. The average Bonchev–Trinajstić information content (AvgIpc) is 2.70. The van der Waals surface area contributed by atoms with Crippen LogP contribution in [-0.2, 0) is 20.8 Å². The first-order chi connectivity index (χ1) is 15.0. The van der Waals surface area contributed by atoms with Gasteiger partial charge >= 0.3 is 0 Å². The summed E-state index contributed by atoms with van der Waals surface area (Å²) in [5, 5.41) is 55.3. The molecule has 3 aliphatic carbocycles. The zero-order valence-electron chi connectivity index (χ0n) is 17.2. The number of rotatable bonds is 2. The molecule has 0 aromatic heterocycles. The van der Waals surface area contributed by atoms with Crippen molar-refractivity contribution in [1.82, 2.24) is 0 Å². The van der Waals surface area contributed by atoms with E-state index in [0.717, 1.165) is 0 Å². The van der Waals surface area contributed by atoms with E-state index in [1.54, 1.807) is 25.1 Å². The number of oxime groups is 1. The highest BCUT2D eigenvalue weighted by atomic mass is 16.4. The number of carbonyl (C=O) groups is 3. The summed E-state index contributed by atoms with van der Waals surface area (Å²) in [5.41, 5.74) is 1.45. The predicted molar refractivity (Wildman–Crippen MR) is 110 cm³/mol. The molecule has 3 aliphatic rings. The molecule has 11 heteroatoms. The molecular formula is C21H21N3O8. The monoisotopic (exact) mass is 443 g/mol. The van der Waals surface area contributed by atoms with Crippen LogP contribution in [0.1, 0.15) is 17.5 Å². The second kappa shape index (κ2) is 6.82. The Labute approximate surface area is 181 Å². The lowest BCUT2D eigenvalue weighted by Gasteiger charge is -2.45. The molecule has 168 valence electrons. The Balaban J connectivity index is 1.98. The first-order valence-corrected chi connectivity index (χ1v) is 9.69. The molecule has 0 bridgehead atoms. The third-order valence-corrected chi connectivity index (χ3v) is 6.45. The second-order valence-corrected chi connectivity index (χ2v) is 8.30. The van der Waals surface area contributed by atoms with E-state index in [1.165, 1.54) is 6.07 Å². The number of aromatic hydroxyl groups is 1. The molecule has 0 spiro atoms. The van der Waals surface area contributed by atoms with Crippen LogP contribution < -0.4 is 10.6 Å². The molecule has 1 fully saturated rings. The summed E-state index contributed by atoms with van der Waals surface area (Å²) in [6.45, 7) is 0. The van der Waals surface area contributed by atoms with Gasteiger partial charge in [0.05, 0.1) is 11.5 Å². The fraction of sp³-hybridized carbons (Fsp3) is 0.333.